The molecule has 150 valence electrons. The van der Waals surface area contributed by atoms with Crippen molar-refractivity contribution in [1.29, 1.82) is 10.5 Å². The standard InChI is InChI=1S/C25H23N3O2/c1-16(2)30-20-10-8-19(9-11-20)22-23(17(3)29)28-13-12-18-6-4-5-7-21(18)24(28)25(22,14-26)15-27/h4-13,16,22-24H,1-3H3/t22-,23+,24+/m0/s1. The van der Waals surface area contributed by atoms with Crippen LogP contribution in [0.2, 0.25) is 0 Å². The van der Waals surface area contributed by atoms with Crippen LogP contribution in [-0.4, -0.2) is 22.8 Å². The molecule has 2 aromatic carbocycles. The molecule has 2 heterocycles. The Hall–Kier alpha value is -3.57. The number of hydrogen-bond donors (Lipinski definition) is 0. The van der Waals surface area contributed by atoms with Crippen LogP contribution in [0.25, 0.3) is 6.08 Å². The second kappa shape index (κ2) is 7.35. The number of rotatable bonds is 4. The summed E-state index contributed by atoms with van der Waals surface area (Å²) in [5.41, 5.74) is 1.25. The van der Waals surface area contributed by atoms with Gasteiger partial charge < -0.3 is 9.64 Å². The van der Waals surface area contributed by atoms with Crippen molar-refractivity contribution in [2.45, 2.75) is 44.9 Å². The van der Waals surface area contributed by atoms with Gasteiger partial charge in [-0.3, -0.25) is 4.79 Å². The van der Waals surface area contributed by atoms with Crippen LogP contribution >= 0.6 is 0 Å². The molecule has 0 radical (unpaired) electrons. The molecule has 0 spiro atoms. The monoisotopic (exact) mass is 397 g/mol. The van der Waals surface area contributed by atoms with Gasteiger partial charge in [0.2, 0.25) is 0 Å². The van der Waals surface area contributed by atoms with Crippen molar-refractivity contribution in [3.8, 4) is 17.9 Å². The van der Waals surface area contributed by atoms with Crippen LogP contribution in [0.5, 0.6) is 5.75 Å². The van der Waals surface area contributed by atoms with E-state index in [4.69, 9.17) is 4.74 Å². The van der Waals surface area contributed by atoms with E-state index in [0.717, 1.165) is 16.7 Å². The summed E-state index contributed by atoms with van der Waals surface area (Å²) in [5.74, 6) is 0.0661. The summed E-state index contributed by atoms with van der Waals surface area (Å²) in [4.78, 5) is 14.7. The molecule has 3 atom stereocenters. The number of Topliss-reactive ketones (excluding diaryl/α,β-unsaturated/α-hetero) is 1. The Morgan fingerprint density at radius 3 is 2.37 bits per heavy atom. The van der Waals surface area contributed by atoms with Crippen LogP contribution < -0.4 is 4.74 Å². The van der Waals surface area contributed by atoms with Crippen molar-refractivity contribution in [2.75, 3.05) is 0 Å². The first-order chi connectivity index (χ1) is 14.4. The maximum absolute atomic E-state index is 12.8. The average molecular weight is 397 g/mol. The van der Waals surface area contributed by atoms with Gasteiger partial charge in [0.25, 0.3) is 0 Å². The smallest absolute Gasteiger partial charge is 0.177 e. The third-order valence-electron chi connectivity index (χ3n) is 5.97. The summed E-state index contributed by atoms with van der Waals surface area (Å²) in [6.07, 6.45) is 3.85. The molecule has 1 fully saturated rings. The molecule has 0 amide bonds. The molecule has 1 saturated heterocycles. The van der Waals surface area contributed by atoms with E-state index in [0.29, 0.717) is 5.75 Å². The molecule has 5 nitrogen and oxygen atoms in total. The molecular weight excluding hydrogens is 374 g/mol. The van der Waals surface area contributed by atoms with E-state index in [2.05, 4.69) is 12.1 Å². The lowest BCUT2D eigenvalue weighted by atomic mass is 9.68. The topological polar surface area (TPSA) is 77.1 Å². The van der Waals surface area contributed by atoms with Crippen LogP contribution in [0.4, 0.5) is 0 Å². The fraction of sp³-hybridized carbons (Fsp3) is 0.320. The summed E-state index contributed by atoms with van der Waals surface area (Å²) in [7, 11) is 0. The Morgan fingerprint density at radius 2 is 1.77 bits per heavy atom. The second-order valence-corrected chi connectivity index (χ2v) is 8.16. The highest BCUT2D eigenvalue weighted by Gasteiger charge is 2.63. The number of hydrogen-bond acceptors (Lipinski definition) is 5. The van der Waals surface area contributed by atoms with Crippen molar-refractivity contribution in [3.63, 3.8) is 0 Å². The predicted octanol–water partition coefficient (Wildman–Crippen LogP) is 4.59. The Balaban J connectivity index is 1.89. The normalized spacial score (nSPS) is 23.3. The SMILES string of the molecule is CC(=O)[C@@H]1[C@H](c2ccc(OC(C)C)cc2)C(C#N)(C#N)[C@H]2c3ccccc3C=CN12. The number of fused-ring (bicyclic) bond motifs is 3. The van der Waals surface area contributed by atoms with Gasteiger partial charge >= 0.3 is 0 Å². The van der Waals surface area contributed by atoms with Crippen molar-refractivity contribution < 1.29 is 9.53 Å². The van der Waals surface area contributed by atoms with Crippen molar-refractivity contribution >= 4 is 11.9 Å². The summed E-state index contributed by atoms with van der Waals surface area (Å²) >= 11 is 0. The van der Waals surface area contributed by atoms with Crippen LogP contribution in [0.1, 0.15) is 49.4 Å². The Labute approximate surface area is 176 Å². The van der Waals surface area contributed by atoms with Gasteiger partial charge in [-0.05, 0) is 55.7 Å². The van der Waals surface area contributed by atoms with Gasteiger partial charge in [0.05, 0.1) is 30.3 Å². The fourth-order valence-electron chi connectivity index (χ4n) is 4.85. The summed E-state index contributed by atoms with van der Waals surface area (Å²) in [6, 6.07) is 18.7. The maximum Gasteiger partial charge on any atom is 0.177 e. The lowest BCUT2D eigenvalue weighted by Crippen LogP contribution is -2.36. The molecule has 0 unspecified atom stereocenters. The van der Waals surface area contributed by atoms with Crippen molar-refractivity contribution in [1.82, 2.24) is 4.90 Å². The van der Waals surface area contributed by atoms with Crippen molar-refractivity contribution in [2.24, 2.45) is 5.41 Å². The van der Waals surface area contributed by atoms with Gasteiger partial charge in [0.15, 0.2) is 11.2 Å². The van der Waals surface area contributed by atoms with E-state index in [1.165, 1.54) is 6.92 Å². The van der Waals surface area contributed by atoms with E-state index < -0.39 is 23.4 Å². The number of ether oxygens (including phenoxy) is 1. The molecule has 0 aromatic heterocycles. The van der Waals surface area contributed by atoms with Gasteiger partial charge in [-0.2, -0.15) is 10.5 Å². The first-order valence-electron chi connectivity index (χ1n) is 10.1. The largest absolute Gasteiger partial charge is 0.491 e. The molecule has 5 heteroatoms. The number of nitriles is 2. The molecule has 0 bridgehead atoms. The van der Waals surface area contributed by atoms with Crippen molar-refractivity contribution in [3.05, 3.63) is 71.4 Å². The Morgan fingerprint density at radius 1 is 1.10 bits per heavy atom. The molecule has 30 heavy (non-hydrogen) atoms. The number of benzene rings is 2. The zero-order valence-corrected chi connectivity index (χ0v) is 17.2. The molecule has 0 N–H and O–H groups in total. The van der Waals surface area contributed by atoms with Crippen LogP contribution in [0.3, 0.4) is 0 Å². The highest BCUT2D eigenvalue weighted by atomic mass is 16.5. The van der Waals surface area contributed by atoms with Gasteiger partial charge in [0, 0.05) is 12.1 Å². The fourth-order valence-corrected chi connectivity index (χ4v) is 4.85. The third kappa shape index (κ3) is 2.86. The minimum Gasteiger partial charge on any atom is -0.491 e. The van der Waals surface area contributed by atoms with Gasteiger partial charge in [-0.15, -0.1) is 0 Å². The summed E-state index contributed by atoms with van der Waals surface area (Å²) in [5, 5.41) is 20.7. The molecular formula is C25H23N3O2. The number of ketones is 1. The zero-order chi connectivity index (χ0) is 21.5. The van der Waals surface area contributed by atoms with E-state index in [9.17, 15) is 15.3 Å². The number of nitrogens with zero attached hydrogens (tertiary/aromatic N) is 3. The van der Waals surface area contributed by atoms with Crippen LogP contribution in [-0.2, 0) is 4.79 Å². The van der Waals surface area contributed by atoms with E-state index in [-0.39, 0.29) is 11.9 Å². The zero-order valence-electron chi connectivity index (χ0n) is 17.2. The van der Waals surface area contributed by atoms with E-state index >= 15 is 0 Å². The summed E-state index contributed by atoms with van der Waals surface area (Å²) in [6.45, 7) is 5.44. The highest BCUT2D eigenvalue weighted by molar-refractivity contribution is 5.85. The summed E-state index contributed by atoms with van der Waals surface area (Å²) < 4.78 is 5.73. The lowest BCUT2D eigenvalue weighted by Gasteiger charge is -2.34. The molecule has 4 rings (SSSR count). The average Bonchev–Trinajstić information content (AvgIpc) is 3.05. The Bertz CT molecular complexity index is 1070. The number of carbonyl (C=O) groups excluding carboxylic acids is 1. The minimum absolute atomic E-state index is 0.0419. The quantitative estimate of drug-likeness (QED) is 0.754. The van der Waals surface area contributed by atoms with Gasteiger partial charge in [0.1, 0.15) is 5.75 Å². The first kappa shape index (κ1) is 19.7. The van der Waals surface area contributed by atoms with Crippen LogP contribution in [0.15, 0.2) is 54.7 Å². The van der Waals surface area contributed by atoms with E-state index in [1.54, 1.807) is 0 Å². The maximum atomic E-state index is 12.8. The van der Waals surface area contributed by atoms with E-state index in [1.807, 2.05) is 79.6 Å². The lowest BCUT2D eigenvalue weighted by molar-refractivity contribution is -0.121. The third-order valence-corrected chi connectivity index (χ3v) is 5.97. The molecule has 2 aliphatic heterocycles. The van der Waals surface area contributed by atoms with Gasteiger partial charge in [-0.1, -0.05) is 36.4 Å². The number of carbonyl (C=O) groups is 1. The highest BCUT2D eigenvalue weighted by Crippen LogP contribution is 2.59. The van der Waals surface area contributed by atoms with Gasteiger partial charge in [-0.25, -0.2) is 0 Å². The second-order valence-electron chi connectivity index (χ2n) is 8.16. The molecule has 2 aromatic rings. The predicted molar refractivity (Wildman–Crippen MR) is 113 cm³/mol. The molecule has 0 aliphatic carbocycles. The van der Waals surface area contributed by atoms with Crippen LogP contribution in [0, 0.1) is 28.1 Å². The first-order valence-corrected chi connectivity index (χ1v) is 10.1. The Kier molecular flexibility index (Phi) is 4.84. The minimum atomic E-state index is -1.41. The molecule has 2 aliphatic rings. The molecule has 0 saturated carbocycles.